The van der Waals surface area contributed by atoms with Gasteiger partial charge in [0.05, 0.1) is 5.69 Å². The number of hydrogen-bond acceptors (Lipinski definition) is 4. The Labute approximate surface area is 95.1 Å². The fourth-order valence-electron chi connectivity index (χ4n) is 2.36. The van der Waals surface area contributed by atoms with Crippen molar-refractivity contribution in [2.75, 3.05) is 25.4 Å². The summed E-state index contributed by atoms with van der Waals surface area (Å²) in [6.45, 7) is 1.39. The zero-order valence-corrected chi connectivity index (χ0v) is 9.45. The topological polar surface area (TPSA) is 33.7 Å². The van der Waals surface area contributed by atoms with Crippen LogP contribution in [0.15, 0.2) is 12.1 Å². The lowest BCUT2D eigenvalue weighted by atomic mass is 10.1. The fourth-order valence-corrected chi connectivity index (χ4v) is 2.36. The molecule has 0 amide bonds. The Morgan fingerprint density at radius 3 is 2.81 bits per heavy atom. The quantitative estimate of drug-likeness (QED) is 0.781. The molecule has 0 aromatic heterocycles. The van der Waals surface area contributed by atoms with Crippen LogP contribution in [-0.4, -0.2) is 20.4 Å². The average Bonchev–Trinajstić information content (AvgIpc) is 2.66. The number of aryl methyl sites for hydroxylation is 1. The minimum absolute atomic E-state index is 0.345. The number of hydrazine groups is 1. The minimum atomic E-state index is 0.345. The van der Waals surface area contributed by atoms with Crippen LogP contribution in [0.3, 0.4) is 0 Å². The second kappa shape index (κ2) is 3.87. The predicted octanol–water partition coefficient (Wildman–Crippen LogP) is 1.69. The Bertz CT molecular complexity index is 406. The van der Waals surface area contributed by atoms with Crippen LogP contribution >= 0.6 is 0 Å². The summed E-state index contributed by atoms with van der Waals surface area (Å²) in [5, 5.41) is 2.18. The Balaban J connectivity index is 2.06. The van der Waals surface area contributed by atoms with E-state index in [1.165, 1.54) is 24.1 Å². The molecule has 4 heteroatoms. The number of hydrogen-bond donors (Lipinski definition) is 1. The van der Waals surface area contributed by atoms with E-state index in [1.807, 2.05) is 7.05 Å². The van der Waals surface area contributed by atoms with Gasteiger partial charge in [0.25, 0.3) is 0 Å². The van der Waals surface area contributed by atoms with E-state index >= 15 is 0 Å². The largest absolute Gasteiger partial charge is 0.454 e. The maximum absolute atomic E-state index is 5.42. The number of anilines is 1. The molecule has 2 aliphatic rings. The minimum Gasteiger partial charge on any atom is -0.454 e. The average molecular weight is 220 g/mol. The molecule has 86 valence electrons. The van der Waals surface area contributed by atoms with Crippen LogP contribution in [0, 0.1) is 0 Å². The molecule has 0 bridgehead atoms. The summed E-state index contributed by atoms with van der Waals surface area (Å²) in [4.78, 5) is 0. The van der Waals surface area contributed by atoms with E-state index in [-0.39, 0.29) is 0 Å². The summed E-state index contributed by atoms with van der Waals surface area (Å²) in [5.74, 6) is 1.75. The molecule has 2 heterocycles. The highest BCUT2D eigenvalue weighted by Gasteiger charge is 2.21. The van der Waals surface area contributed by atoms with E-state index in [1.54, 1.807) is 0 Å². The molecule has 0 unspecified atom stereocenters. The molecule has 0 saturated carbocycles. The molecule has 4 nitrogen and oxygen atoms in total. The standard InChI is InChI=1S/C12H16N2O2/c1-13-14-5-3-2-4-9-6-11-12(7-10(9)14)16-8-15-11/h6-7,13H,2-5,8H2,1H3. The maximum Gasteiger partial charge on any atom is 0.231 e. The zero-order chi connectivity index (χ0) is 11.0. The molecule has 1 N–H and O–H groups in total. The van der Waals surface area contributed by atoms with Gasteiger partial charge in [-0.2, -0.15) is 0 Å². The van der Waals surface area contributed by atoms with E-state index < -0.39 is 0 Å². The maximum atomic E-state index is 5.42. The molecular formula is C12H16N2O2. The van der Waals surface area contributed by atoms with Crippen LogP contribution in [0.1, 0.15) is 18.4 Å². The number of ether oxygens (including phenoxy) is 2. The highest BCUT2D eigenvalue weighted by Crippen LogP contribution is 2.39. The molecule has 0 saturated heterocycles. The van der Waals surface area contributed by atoms with Gasteiger partial charge < -0.3 is 14.5 Å². The van der Waals surface area contributed by atoms with Crippen LogP contribution in [0.4, 0.5) is 5.69 Å². The SMILES string of the molecule is CNN1CCCCc2cc3c(cc21)OCO3. The van der Waals surface area contributed by atoms with Gasteiger partial charge in [-0.1, -0.05) is 0 Å². The van der Waals surface area contributed by atoms with Crippen molar-refractivity contribution in [1.29, 1.82) is 0 Å². The number of nitrogens with one attached hydrogen (secondary N) is 1. The molecule has 0 aliphatic carbocycles. The van der Waals surface area contributed by atoms with Gasteiger partial charge in [0.1, 0.15) is 0 Å². The van der Waals surface area contributed by atoms with E-state index in [4.69, 9.17) is 9.47 Å². The van der Waals surface area contributed by atoms with Gasteiger partial charge in [-0.25, -0.2) is 5.43 Å². The van der Waals surface area contributed by atoms with Crippen molar-refractivity contribution in [2.24, 2.45) is 0 Å². The molecule has 1 aromatic carbocycles. The third kappa shape index (κ3) is 1.50. The Morgan fingerprint density at radius 1 is 1.19 bits per heavy atom. The monoisotopic (exact) mass is 220 g/mol. The second-order valence-electron chi connectivity index (χ2n) is 4.17. The fraction of sp³-hybridized carbons (Fsp3) is 0.500. The lowest BCUT2D eigenvalue weighted by molar-refractivity contribution is 0.174. The first-order valence-corrected chi connectivity index (χ1v) is 5.76. The van der Waals surface area contributed by atoms with Gasteiger partial charge in [-0.05, 0) is 30.9 Å². The predicted molar refractivity (Wildman–Crippen MR) is 61.9 cm³/mol. The highest BCUT2D eigenvalue weighted by molar-refractivity contribution is 5.62. The van der Waals surface area contributed by atoms with Gasteiger partial charge in [-0.15, -0.1) is 0 Å². The first-order chi connectivity index (χ1) is 7.88. The Hall–Kier alpha value is -1.42. The normalized spacial score (nSPS) is 18.2. The van der Waals surface area contributed by atoms with Crippen molar-refractivity contribution in [1.82, 2.24) is 5.43 Å². The molecule has 0 radical (unpaired) electrons. The first kappa shape index (κ1) is 9.78. The zero-order valence-electron chi connectivity index (χ0n) is 9.45. The molecule has 0 spiro atoms. The van der Waals surface area contributed by atoms with Crippen molar-refractivity contribution in [3.05, 3.63) is 17.7 Å². The van der Waals surface area contributed by atoms with Crippen molar-refractivity contribution in [2.45, 2.75) is 19.3 Å². The van der Waals surface area contributed by atoms with Crippen LogP contribution in [0.25, 0.3) is 0 Å². The van der Waals surface area contributed by atoms with Gasteiger partial charge in [0.2, 0.25) is 6.79 Å². The van der Waals surface area contributed by atoms with Gasteiger partial charge in [0, 0.05) is 19.7 Å². The molecule has 2 aliphatic heterocycles. The lowest BCUT2D eigenvalue weighted by Gasteiger charge is -2.23. The summed E-state index contributed by atoms with van der Waals surface area (Å²) in [6, 6.07) is 4.20. The Kier molecular flexibility index (Phi) is 2.36. The van der Waals surface area contributed by atoms with Crippen molar-refractivity contribution in [3.8, 4) is 11.5 Å². The number of fused-ring (bicyclic) bond motifs is 2. The second-order valence-corrected chi connectivity index (χ2v) is 4.17. The molecule has 3 rings (SSSR count). The number of rotatable bonds is 1. The van der Waals surface area contributed by atoms with Gasteiger partial charge >= 0.3 is 0 Å². The molecule has 0 fully saturated rings. The molecule has 1 aromatic rings. The van der Waals surface area contributed by atoms with Crippen molar-refractivity contribution < 1.29 is 9.47 Å². The number of benzene rings is 1. The molecular weight excluding hydrogens is 204 g/mol. The third-order valence-corrected chi connectivity index (χ3v) is 3.21. The summed E-state index contributed by atoms with van der Waals surface area (Å²) < 4.78 is 10.8. The highest BCUT2D eigenvalue weighted by atomic mass is 16.7. The van der Waals surface area contributed by atoms with Gasteiger partial charge in [-0.3, -0.25) is 0 Å². The van der Waals surface area contributed by atoms with Gasteiger partial charge in [0.15, 0.2) is 11.5 Å². The van der Waals surface area contributed by atoms with E-state index in [0.717, 1.165) is 24.5 Å². The lowest BCUT2D eigenvalue weighted by Crippen LogP contribution is -2.35. The van der Waals surface area contributed by atoms with Crippen molar-refractivity contribution >= 4 is 5.69 Å². The Morgan fingerprint density at radius 2 is 2.00 bits per heavy atom. The summed E-state index contributed by atoms with van der Waals surface area (Å²) in [5.41, 5.74) is 5.80. The van der Waals surface area contributed by atoms with Crippen LogP contribution < -0.4 is 19.9 Å². The van der Waals surface area contributed by atoms with E-state index in [9.17, 15) is 0 Å². The van der Waals surface area contributed by atoms with Crippen LogP contribution in [0.5, 0.6) is 11.5 Å². The molecule has 0 atom stereocenters. The molecule has 16 heavy (non-hydrogen) atoms. The summed E-state index contributed by atoms with van der Waals surface area (Å²) in [7, 11) is 1.96. The third-order valence-electron chi connectivity index (χ3n) is 3.21. The van der Waals surface area contributed by atoms with Crippen LogP contribution in [-0.2, 0) is 6.42 Å². The summed E-state index contributed by atoms with van der Waals surface area (Å²) in [6.07, 6.45) is 3.55. The van der Waals surface area contributed by atoms with Crippen molar-refractivity contribution in [3.63, 3.8) is 0 Å². The summed E-state index contributed by atoms with van der Waals surface area (Å²) >= 11 is 0. The smallest absolute Gasteiger partial charge is 0.231 e. The number of nitrogens with zero attached hydrogens (tertiary/aromatic N) is 1. The van der Waals surface area contributed by atoms with E-state index in [2.05, 4.69) is 22.6 Å². The van der Waals surface area contributed by atoms with E-state index in [0.29, 0.717) is 6.79 Å². The first-order valence-electron chi connectivity index (χ1n) is 5.76. The van der Waals surface area contributed by atoms with Crippen LogP contribution in [0.2, 0.25) is 0 Å².